The maximum Gasteiger partial charge on any atom is 0.123 e. The molecule has 0 aliphatic carbocycles. The summed E-state index contributed by atoms with van der Waals surface area (Å²) >= 11 is 0. The van der Waals surface area contributed by atoms with Crippen LogP contribution in [0.5, 0.6) is 0 Å². The molecule has 0 saturated carbocycles. The van der Waals surface area contributed by atoms with E-state index in [0.717, 1.165) is 33.5 Å². The van der Waals surface area contributed by atoms with Gasteiger partial charge in [-0.05, 0) is 35.4 Å². The molecule has 0 N–H and O–H groups in total. The highest BCUT2D eigenvalue weighted by Crippen LogP contribution is 2.33. The summed E-state index contributed by atoms with van der Waals surface area (Å²) in [4.78, 5) is 4.63. The minimum Gasteiger partial charge on any atom is -0.255 e. The molecule has 0 aliphatic heterocycles. The van der Waals surface area contributed by atoms with Crippen LogP contribution in [0.15, 0.2) is 85.1 Å². The summed E-state index contributed by atoms with van der Waals surface area (Å²) in [5.74, 6) is -0.584. The summed E-state index contributed by atoms with van der Waals surface area (Å²) < 4.78 is 26.6. The molecular formula is C23H14F2N. The fourth-order valence-corrected chi connectivity index (χ4v) is 2.84. The zero-order valence-corrected chi connectivity index (χ0v) is 13.8. The first-order valence-electron chi connectivity index (χ1n) is 8.20. The molecule has 0 fully saturated rings. The van der Waals surface area contributed by atoms with E-state index in [0.29, 0.717) is 0 Å². The van der Waals surface area contributed by atoms with Crippen LogP contribution in [0.1, 0.15) is 0 Å². The zero-order valence-electron chi connectivity index (χ0n) is 13.8. The van der Waals surface area contributed by atoms with E-state index in [1.807, 2.05) is 30.3 Å². The SMILES string of the molecule is Fc1ccc(-c2[c]c(-c3ccc(F)cc3)c(-c3ccccc3)nc2)cc1. The third-order valence-corrected chi connectivity index (χ3v) is 4.15. The van der Waals surface area contributed by atoms with Gasteiger partial charge >= 0.3 is 0 Å². The highest BCUT2D eigenvalue weighted by molar-refractivity contribution is 5.83. The van der Waals surface area contributed by atoms with Crippen LogP contribution in [0.3, 0.4) is 0 Å². The lowest BCUT2D eigenvalue weighted by molar-refractivity contribution is 0.627. The number of hydrogen-bond acceptors (Lipinski definition) is 1. The molecule has 1 nitrogen and oxygen atoms in total. The lowest BCUT2D eigenvalue weighted by Gasteiger charge is -2.11. The maximum atomic E-state index is 13.3. The molecule has 1 heterocycles. The maximum absolute atomic E-state index is 13.3. The fraction of sp³-hybridized carbons (Fsp3) is 0. The van der Waals surface area contributed by atoms with Crippen LogP contribution in [-0.4, -0.2) is 4.98 Å². The van der Waals surface area contributed by atoms with Gasteiger partial charge in [-0.1, -0.05) is 54.6 Å². The molecule has 1 aromatic heterocycles. The number of rotatable bonds is 3. The minimum absolute atomic E-state index is 0.290. The summed E-state index contributed by atoms with van der Waals surface area (Å²) in [6.45, 7) is 0. The summed E-state index contributed by atoms with van der Waals surface area (Å²) in [6.07, 6.45) is 1.72. The Morgan fingerprint density at radius 1 is 0.615 bits per heavy atom. The molecule has 26 heavy (non-hydrogen) atoms. The second kappa shape index (κ2) is 6.89. The van der Waals surface area contributed by atoms with Crippen LogP contribution in [0.4, 0.5) is 8.78 Å². The van der Waals surface area contributed by atoms with Gasteiger partial charge in [0.1, 0.15) is 11.6 Å². The van der Waals surface area contributed by atoms with Crippen molar-refractivity contribution in [1.82, 2.24) is 4.98 Å². The van der Waals surface area contributed by atoms with Crippen molar-refractivity contribution in [2.24, 2.45) is 0 Å². The van der Waals surface area contributed by atoms with Gasteiger partial charge in [-0.15, -0.1) is 0 Å². The Balaban J connectivity index is 1.90. The summed E-state index contributed by atoms with van der Waals surface area (Å²) in [5, 5.41) is 0. The molecule has 0 saturated heterocycles. The lowest BCUT2D eigenvalue weighted by atomic mass is 9.96. The third-order valence-electron chi connectivity index (χ3n) is 4.15. The van der Waals surface area contributed by atoms with Crippen molar-refractivity contribution in [3.63, 3.8) is 0 Å². The average Bonchev–Trinajstić information content (AvgIpc) is 2.69. The quantitative estimate of drug-likeness (QED) is 0.434. The van der Waals surface area contributed by atoms with E-state index in [1.54, 1.807) is 30.5 Å². The molecule has 4 rings (SSSR count). The summed E-state index contributed by atoms with van der Waals surface area (Å²) in [5.41, 5.74) is 4.89. The van der Waals surface area contributed by atoms with Gasteiger partial charge in [0.25, 0.3) is 0 Å². The van der Waals surface area contributed by atoms with Crippen molar-refractivity contribution in [3.8, 4) is 33.5 Å². The van der Waals surface area contributed by atoms with Crippen molar-refractivity contribution in [1.29, 1.82) is 0 Å². The van der Waals surface area contributed by atoms with E-state index in [2.05, 4.69) is 11.1 Å². The number of halogens is 2. The Hall–Kier alpha value is -3.33. The molecule has 0 spiro atoms. The molecule has 125 valence electrons. The first-order valence-corrected chi connectivity index (χ1v) is 8.20. The molecule has 0 amide bonds. The van der Waals surface area contributed by atoms with Crippen molar-refractivity contribution in [2.75, 3.05) is 0 Å². The Kier molecular flexibility index (Phi) is 4.28. The van der Waals surface area contributed by atoms with Crippen LogP contribution in [-0.2, 0) is 0 Å². The molecule has 0 unspecified atom stereocenters. The van der Waals surface area contributed by atoms with Crippen LogP contribution in [0.2, 0.25) is 0 Å². The molecule has 3 heteroatoms. The van der Waals surface area contributed by atoms with Gasteiger partial charge in [-0.2, -0.15) is 0 Å². The highest BCUT2D eigenvalue weighted by Gasteiger charge is 2.12. The van der Waals surface area contributed by atoms with Gasteiger partial charge in [0.05, 0.1) is 5.69 Å². The van der Waals surface area contributed by atoms with Crippen LogP contribution in [0.25, 0.3) is 33.5 Å². The Bertz CT molecular complexity index is 1020. The average molecular weight is 342 g/mol. The predicted octanol–water partition coefficient (Wildman–Crippen LogP) is 6.16. The lowest BCUT2D eigenvalue weighted by Crippen LogP contribution is -1.92. The van der Waals surface area contributed by atoms with E-state index < -0.39 is 0 Å². The number of pyridine rings is 1. The standard InChI is InChI=1S/C23H14F2N/c24-20-10-6-16(7-11-20)19-14-22(17-8-12-21(25)13-9-17)23(26-15-19)18-4-2-1-3-5-18/h1-13,15H. The van der Waals surface area contributed by atoms with Crippen molar-refractivity contribution in [2.45, 2.75) is 0 Å². The normalized spacial score (nSPS) is 10.7. The Morgan fingerprint density at radius 3 is 1.81 bits per heavy atom. The monoisotopic (exact) mass is 342 g/mol. The van der Waals surface area contributed by atoms with E-state index >= 15 is 0 Å². The van der Waals surface area contributed by atoms with E-state index in [4.69, 9.17) is 0 Å². The summed E-state index contributed by atoms with van der Waals surface area (Å²) in [6, 6.07) is 25.6. The Labute approximate surface area is 150 Å². The highest BCUT2D eigenvalue weighted by atomic mass is 19.1. The van der Waals surface area contributed by atoms with Crippen LogP contribution in [0, 0.1) is 17.7 Å². The third kappa shape index (κ3) is 3.24. The topological polar surface area (TPSA) is 12.9 Å². The number of hydrogen-bond donors (Lipinski definition) is 0. The van der Waals surface area contributed by atoms with Crippen molar-refractivity contribution >= 4 is 0 Å². The Morgan fingerprint density at radius 2 is 1.19 bits per heavy atom. The smallest absolute Gasteiger partial charge is 0.123 e. The molecule has 0 aliphatic rings. The molecule has 4 aromatic rings. The minimum atomic E-state index is -0.294. The van der Waals surface area contributed by atoms with E-state index in [9.17, 15) is 8.78 Å². The largest absolute Gasteiger partial charge is 0.255 e. The zero-order chi connectivity index (χ0) is 17.9. The number of nitrogens with zero attached hydrogens (tertiary/aromatic N) is 1. The second-order valence-electron chi connectivity index (χ2n) is 5.90. The molecule has 1 radical (unpaired) electrons. The number of aromatic nitrogens is 1. The predicted molar refractivity (Wildman–Crippen MR) is 99.3 cm³/mol. The van der Waals surface area contributed by atoms with Gasteiger partial charge in [-0.3, -0.25) is 4.98 Å². The second-order valence-corrected chi connectivity index (χ2v) is 5.90. The van der Waals surface area contributed by atoms with Gasteiger partial charge in [0, 0.05) is 29.0 Å². The van der Waals surface area contributed by atoms with E-state index in [1.165, 1.54) is 24.3 Å². The first kappa shape index (κ1) is 16.2. The van der Waals surface area contributed by atoms with Crippen molar-refractivity contribution in [3.05, 3.63) is 103 Å². The van der Waals surface area contributed by atoms with E-state index in [-0.39, 0.29) is 11.6 Å². The first-order chi connectivity index (χ1) is 12.7. The fourth-order valence-electron chi connectivity index (χ4n) is 2.84. The van der Waals surface area contributed by atoms with Crippen molar-refractivity contribution < 1.29 is 8.78 Å². The summed E-state index contributed by atoms with van der Waals surface area (Å²) in [7, 11) is 0. The van der Waals surface area contributed by atoms with Crippen LogP contribution < -0.4 is 0 Å². The van der Waals surface area contributed by atoms with Gasteiger partial charge in [-0.25, -0.2) is 8.78 Å². The molecule has 0 atom stereocenters. The van der Waals surface area contributed by atoms with Crippen LogP contribution >= 0.6 is 0 Å². The molecular weight excluding hydrogens is 328 g/mol. The van der Waals surface area contributed by atoms with Gasteiger partial charge in [0.15, 0.2) is 0 Å². The number of benzene rings is 3. The van der Waals surface area contributed by atoms with Gasteiger partial charge in [0.2, 0.25) is 0 Å². The molecule has 0 bridgehead atoms. The van der Waals surface area contributed by atoms with Gasteiger partial charge < -0.3 is 0 Å². The molecule has 3 aromatic carbocycles.